The Labute approximate surface area is 171 Å². The molecule has 7 nitrogen and oxygen atoms in total. The number of hydrogen-bond acceptors (Lipinski definition) is 5. The van der Waals surface area contributed by atoms with E-state index in [9.17, 15) is 9.18 Å². The molecule has 1 aliphatic heterocycles. The molecule has 1 unspecified atom stereocenters. The molecular weight excluding hydrogens is 387 g/mol. The molecule has 3 heterocycles. The minimum atomic E-state index is -0.508. The van der Waals surface area contributed by atoms with E-state index in [1.165, 1.54) is 19.2 Å². The van der Waals surface area contributed by atoms with Crippen LogP contribution in [0.4, 0.5) is 10.1 Å². The topological polar surface area (TPSA) is 84.2 Å². The van der Waals surface area contributed by atoms with Gasteiger partial charge < -0.3 is 19.1 Å². The summed E-state index contributed by atoms with van der Waals surface area (Å²) in [6.45, 7) is 0.372. The minimum Gasteiger partial charge on any atom is -0.494 e. The zero-order chi connectivity index (χ0) is 20.7. The second-order valence-electron chi connectivity index (χ2n) is 7.31. The number of halogens is 1. The van der Waals surface area contributed by atoms with Crippen molar-refractivity contribution in [3.05, 3.63) is 71.8 Å². The standard InChI is InChI=1S/C22H19FN4O3/c1-29-19-7-6-15(10-17(19)23)27-12-14(9-21(27)28)22-25-20(30-26-22)8-13-11-24-18-5-3-2-4-16(13)18/h2-7,10-11,14,24H,8-9,12H2,1H3. The van der Waals surface area contributed by atoms with Crippen LogP contribution in [0.2, 0.25) is 0 Å². The second kappa shape index (κ2) is 7.29. The number of H-pyrrole nitrogens is 1. The van der Waals surface area contributed by atoms with Gasteiger partial charge in [0.15, 0.2) is 17.4 Å². The number of anilines is 1. The molecule has 30 heavy (non-hydrogen) atoms. The second-order valence-corrected chi connectivity index (χ2v) is 7.31. The third-order valence-electron chi connectivity index (χ3n) is 5.44. The lowest BCUT2D eigenvalue weighted by molar-refractivity contribution is -0.117. The first-order valence-electron chi connectivity index (χ1n) is 9.64. The van der Waals surface area contributed by atoms with Crippen molar-refractivity contribution >= 4 is 22.5 Å². The van der Waals surface area contributed by atoms with Gasteiger partial charge in [-0.3, -0.25) is 4.79 Å². The van der Waals surface area contributed by atoms with Crippen molar-refractivity contribution in [3.63, 3.8) is 0 Å². The molecule has 4 aromatic rings. The number of aromatic nitrogens is 3. The molecule has 0 bridgehead atoms. The molecule has 1 saturated heterocycles. The minimum absolute atomic E-state index is 0.104. The lowest BCUT2D eigenvalue weighted by Crippen LogP contribution is -2.24. The highest BCUT2D eigenvalue weighted by Gasteiger charge is 2.35. The van der Waals surface area contributed by atoms with E-state index in [4.69, 9.17) is 9.26 Å². The molecule has 1 atom stereocenters. The maximum absolute atomic E-state index is 14.0. The van der Waals surface area contributed by atoms with Gasteiger partial charge in [0.05, 0.1) is 13.5 Å². The lowest BCUT2D eigenvalue weighted by Gasteiger charge is -2.16. The fourth-order valence-electron chi connectivity index (χ4n) is 3.90. The van der Waals surface area contributed by atoms with Crippen molar-refractivity contribution in [2.24, 2.45) is 0 Å². The van der Waals surface area contributed by atoms with Gasteiger partial charge in [0.25, 0.3) is 0 Å². The van der Waals surface area contributed by atoms with Gasteiger partial charge in [-0.15, -0.1) is 0 Å². The zero-order valence-electron chi connectivity index (χ0n) is 16.3. The van der Waals surface area contributed by atoms with Crippen molar-refractivity contribution in [3.8, 4) is 5.75 Å². The van der Waals surface area contributed by atoms with Crippen LogP contribution in [0.25, 0.3) is 10.9 Å². The van der Waals surface area contributed by atoms with E-state index >= 15 is 0 Å². The molecule has 2 aromatic carbocycles. The van der Waals surface area contributed by atoms with Gasteiger partial charge in [-0.1, -0.05) is 23.4 Å². The highest BCUT2D eigenvalue weighted by atomic mass is 19.1. The largest absolute Gasteiger partial charge is 0.494 e. The van der Waals surface area contributed by atoms with Crippen LogP contribution in [0.5, 0.6) is 5.75 Å². The number of hydrogen-bond donors (Lipinski definition) is 1. The summed E-state index contributed by atoms with van der Waals surface area (Å²) in [7, 11) is 1.40. The first-order chi connectivity index (χ1) is 14.6. The quantitative estimate of drug-likeness (QED) is 0.545. The number of methoxy groups -OCH3 is 1. The van der Waals surface area contributed by atoms with E-state index in [1.807, 2.05) is 30.5 Å². The summed E-state index contributed by atoms with van der Waals surface area (Å²) in [6, 6.07) is 12.5. The van der Waals surface area contributed by atoms with Crippen molar-refractivity contribution in [2.75, 3.05) is 18.6 Å². The number of para-hydroxylation sites is 1. The number of benzene rings is 2. The molecule has 0 aliphatic carbocycles. The number of rotatable bonds is 5. The van der Waals surface area contributed by atoms with Crippen LogP contribution in [0.3, 0.4) is 0 Å². The Morgan fingerprint density at radius 2 is 2.17 bits per heavy atom. The van der Waals surface area contributed by atoms with Crippen LogP contribution in [0, 0.1) is 5.82 Å². The first kappa shape index (κ1) is 18.4. The Balaban J connectivity index is 1.33. The Morgan fingerprint density at radius 3 is 3.00 bits per heavy atom. The van der Waals surface area contributed by atoms with E-state index in [0.29, 0.717) is 30.4 Å². The van der Waals surface area contributed by atoms with Gasteiger partial charge >= 0.3 is 0 Å². The van der Waals surface area contributed by atoms with E-state index in [1.54, 1.807) is 11.0 Å². The molecule has 8 heteroatoms. The fourth-order valence-corrected chi connectivity index (χ4v) is 3.90. The highest BCUT2D eigenvalue weighted by molar-refractivity contribution is 5.96. The third kappa shape index (κ3) is 3.20. The highest BCUT2D eigenvalue weighted by Crippen LogP contribution is 2.32. The molecule has 1 N–H and O–H groups in total. The molecule has 152 valence electrons. The molecular formula is C22H19FN4O3. The number of aromatic amines is 1. The summed E-state index contributed by atoms with van der Waals surface area (Å²) in [5.74, 6) is 0.315. The van der Waals surface area contributed by atoms with Gasteiger partial charge in [0.1, 0.15) is 0 Å². The number of carbonyl (C=O) groups is 1. The molecule has 5 rings (SSSR count). The Morgan fingerprint density at radius 1 is 1.30 bits per heavy atom. The molecule has 0 saturated carbocycles. The normalized spacial score (nSPS) is 16.5. The average molecular weight is 406 g/mol. The SMILES string of the molecule is COc1ccc(N2CC(c3noc(Cc4c[nH]c5ccccc45)n3)CC2=O)cc1F. The number of amides is 1. The van der Waals surface area contributed by atoms with Crippen LogP contribution in [-0.2, 0) is 11.2 Å². The van der Waals surface area contributed by atoms with Crippen LogP contribution in [0.1, 0.15) is 29.6 Å². The summed E-state index contributed by atoms with van der Waals surface area (Å²) in [4.78, 5) is 21.8. The van der Waals surface area contributed by atoms with E-state index in [-0.39, 0.29) is 24.0 Å². The van der Waals surface area contributed by atoms with Crippen LogP contribution in [-0.4, -0.2) is 34.7 Å². The third-order valence-corrected chi connectivity index (χ3v) is 5.44. The van der Waals surface area contributed by atoms with Gasteiger partial charge in [0, 0.05) is 47.7 Å². The summed E-state index contributed by atoms with van der Waals surface area (Å²) < 4.78 is 24.4. The van der Waals surface area contributed by atoms with Gasteiger partial charge in [0.2, 0.25) is 11.8 Å². The van der Waals surface area contributed by atoms with Gasteiger partial charge in [-0.05, 0) is 23.8 Å². The zero-order valence-corrected chi connectivity index (χ0v) is 16.3. The Bertz CT molecular complexity index is 1230. The summed E-state index contributed by atoms with van der Waals surface area (Å²) in [5.41, 5.74) is 2.61. The Kier molecular flexibility index (Phi) is 4.46. The summed E-state index contributed by atoms with van der Waals surface area (Å²) in [6.07, 6.45) is 2.69. The van der Waals surface area contributed by atoms with Crippen molar-refractivity contribution in [1.82, 2.24) is 15.1 Å². The predicted octanol–water partition coefficient (Wildman–Crippen LogP) is 3.81. The maximum atomic E-state index is 14.0. The van der Waals surface area contributed by atoms with Crippen LogP contribution < -0.4 is 9.64 Å². The van der Waals surface area contributed by atoms with Gasteiger partial charge in [-0.2, -0.15) is 4.98 Å². The molecule has 1 fully saturated rings. The fraction of sp³-hybridized carbons (Fsp3) is 0.227. The van der Waals surface area contributed by atoms with Crippen molar-refractivity contribution in [2.45, 2.75) is 18.8 Å². The number of nitrogens with one attached hydrogen (secondary N) is 1. The molecule has 1 amide bonds. The molecule has 1 aliphatic rings. The summed E-state index contributed by atoms with van der Waals surface area (Å²) >= 11 is 0. The monoisotopic (exact) mass is 406 g/mol. The molecule has 0 spiro atoms. The predicted molar refractivity (Wildman–Crippen MR) is 108 cm³/mol. The number of nitrogens with zero attached hydrogens (tertiary/aromatic N) is 3. The molecule has 2 aromatic heterocycles. The summed E-state index contributed by atoms with van der Waals surface area (Å²) in [5, 5.41) is 5.21. The maximum Gasteiger partial charge on any atom is 0.231 e. The average Bonchev–Trinajstić information content (AvgIpc) is 3.47. The smallest absolute Gasteiger partial charge is 0.231 e. The number of carbonyl (C=O) groups excluding carboxylic acids is 1. The Hall–Kier alpha value is -3.68. The number of ether oxygens (including phenoxy) is 1. The first-order valence-corrected chi connectivity index (χ1v) is 9.64. The van der Waals surface area contributed by atoms with E-state index in [2.05, 4.69) is 15.1 Å². The van der Waals surface area contributed by atoms with Crippen LogP contribution in [0.15, 0.2) is 53.2 Å². The van der Waals surface area contributed by atoms with Crippen molar-refractivity contribution < 1.29 is 18.4 Å². The molecule has 0 radical (unpaired) electrons. The van der Waals surface area contributed by atoms with E-state index < -0.39 is 5.82 Å². The lowest BCUT2D eigenvalue weighted by atomic mass is 10.1. The van der Waals surface area contributed by atoms with Gasteiger partial charge in [-0.25, -0.2) is 4.39 Å². The van der Waals surface area contributed by atoms with E-state index in [0.717, 1.165) is 16.5 Å². The number of fused-ring (bicyclic) bond motifs is 1. The van der Waals surface area contributed by atoms with Crippen molar-refractivity contribution in [1.29, 1.82) is 0 Å². The van der Waals surface area contributed by atoms with Crippen LogP contribution >= 0.6 is 0 Å².